The van der Waals surface area contributed by atoms with Crippen LogP contribution in [-0.4, -0.2) is 14.3 Å². The Morgan fingerprint density at radius 1 is 1.03 bits per heavy atom. The topological polar surface area (TPSA) is 98.5 Å². The van der Waals surface area contributed by atoms with E-state index in [0.717, 1.165) is 18.2 Å². The fourth-order valence-electron chi connectivity index (χ4n) is 2.75. The number of primary sulfonamides is 1. The number of nitrogens with two attached hydrogens (primary N) is 1. The molecular formula is C21H16ClF3N2O4S. The first-order valence-electron chi connectivity index (χ1n) is 8.98. The Labute approximate surface area is 186 Å². The van der Waals surface area contributed by atoms with Crippen molar-refractivity contribution < 1.29 is 31.1 Å². The maximum Gasteiger partial charge on any atom is 0.416 e. The highest BCUT2D eigenvalue weighted by Gasteiger charge is 2.30. The van der Waals surface area contributed by atoms with Gasteiger partial charge in [0.15, 0.2) is 0 Å². The van der Waals surface area contributed by atoms with Gasteiger partial charge >= 0.3 is 6.18 Å². The quantitative estimate of drug-likeness (QED) is 0.515. The molecule has 0 saturated heterocycles. The predicted octanol–water partition coefficient (Wildman–Crippen LogP) is 4.98. The Morgan fingerprint density at radius 2 is 1.72 bits per heavy atom. The monoisotopic (exact) mass is 484 g/mol. The third kappa shape index (κ3) is 6.22. The number of rotatable bonds is 6. The lowest BCUT2D eigenvalue weighted by molar-refractivity contribution is -0.137. The Kier molecular flexibility index (Phi) is 6.77. The minimum absolute atomic E-state index is 0.0736. The van der Waals surface area contributed by atoms with Crippen LogP contribution in [0.2, 0.25) is 5.02 Å². The van der Waals surface area contributed by atoms with Crippen LogP contribution in [0.3, 0.4) is 0 Å². The second-order valence-corrected chi connectivity index (χ2v) is 8.65. The maximum atomic E-state index is 12.6. The van der Waals surface area contributed by atoms with Gasteiger partial charge in [0.25, 0.3) is 0 Å². The molecule has 6 nitrogen and oxygen atoms in total. The lowest BCUT2D eigenvalue weighted by Gasteiger charge is -2.13. The molecule has 0 fully saturated rings. The van der Waals surface area contributed by atoms with Gasteiger partial charge in [-0.05, 0) is 54.1 Å². The number of anilines is 1. The van der Waals surface area contributed by atoms with Crippen LogP contribution in [0.4, 0.5) is 18.9 Å². The number of hydrogen-bond acceptors (Lipinski definition) is 4. The lowest BCUT2D eigenvalue weighted by atomic mass is 10.1. The first kappa shape index (κ1) is 23.6. The molecule has 3 aromatic rings. The summed E-state index contributed by atoms with van der Waals surface area (Å²) >= 11 is 5.89. The van der Waals surface area contributed by atoms with Crippen LogP contribution < -0.4 is 15.2 Å². The summed E-state index contributed by atoms with van der Waals surface area (Å²) in [7, 11) is -4.22. The molecule has 0 heterocycles. The van der Waals surface area contributed by atoms with Crippen molar-refractivity contribution in [1.82, 2.24) is 0 Å². The van der Waals surface area contributed by atoms with Gasteiger partial charge in [0.2, 0.25) is 15.9 Å². The summed E-state index contributed by atoms with van der Waals surface area (Å²) in [6.07, 6.45) is -4.69. The van der Waals surface area contributed by atoms with Crippen molar-refractivity contribution in [3.8, 4) is 11.5 Å². The molecule has 0 radical (unpaired) electrons. The highest BCUT2D eigenvalue weighted by Crippen LogP contribution is 2.32. The molecule has 0 aliphatic rings. The van der Waals surface area contributed by atoms with E-state index in [0.29, 0.717) is 10.6 Å². The van der Waals surface area contributed by atoms with Crippen molar-refractivity contribution in [2.24, 2.45) is 5.14 Å². The fourth-order valence-corrected chi connectivity index (χ4v) is 3.61. The van der Waals surface area contributed by atoms with E-state index in [9.17, 15) is 26.4 Å². The Hall–Kier alpha value is -3.08. The van der Waals surface area contributed by atoms with Gasteiger partial charge < -0.3 is 10.1 Å². The number of hydrogen-bond donors (Lipinski definition) is 2. The molecule has 0 bridgehead atoms. The van der Waals surface area contributed by atoms with Gasteiger partial charge in [-0.3, -0.25) is 4.79 Å². The minimum Gasteiger partial charge on any atom is -0.456 e. The van der Waals surface area contributed by atoms with E-state index in [2.05, 4.69) is 5.32 Å². The number of alkyl halides is 3. The number of benzene rings is 3. The molecule has 32 heavy (non-hydrogen) atoms. The number of carbonyl (C=O) groups is 1. The second-order valence-electron chi connectivity index (χ2n) is 6.69. The first-order chi connectivity index (χ1) is 14.9. The number of amides is 1. The zero-order chi connectivity index (χ0) is 23.5. The van der Waals surface area contributed by atoms with Crippen molar-refractivity contribution in [2.75, 3.05) is 5.32 Å². The molecule has 0 spiro atoms. The summed E-state index contributed by atoms with van der Waals surface area (Å²) in [6, 6.07) is 14.3. The molecule has 3 aromatic carbocycles. The van der Waals surface area contributed by atoms with Crippen molar-refractivity contribution in [2.45, 2.75) is 17.5 Å². The van der Waals surface area contributed by atoms with Gasteiger partial charge in [-0.15, -0.1) is 0 Å². The third-order valence-corrected chi connectivity index (χ3v) is 5.37. The number of carbonyl (C=O) groups excluding carboxylic acids is 1. The molecule has 0 saturated carbocycles. The predicted molar refractivity (Wildman–Crippen MR) is 113 cm³/mol. The Bertz CT molecular complexity index is 1250. The first-order valence-corrected chi connectivity index (χ1v) is 10.9. The van der Waals surface area contributed by atoms with Crippen LogP contribution in [0, 0.1) is 0 Å². The molecule has 11 heteroatoms. The zero-order valence-electron chi connectivity index (χ0n) is 16.2. The van der Waals surface area contributed by atoms with Crippen molar-refractivity contribution >= 4 is 33.2 Å². The summed E-state index contributed by atoms with van der Waals surface area (Å²) in [4.78, 5) is 11.9. The molecular weight excluding hydrogens is 469 g/mol. The van der Waals surface area contributed by atoms with Crippen molar-refractivity contribution in [1.29, 1.82) is 0 Å². The average Bonchev–Trinajstić information content (AvgIpc) is 2.68. The molecule has 0 aromatic heterocycles. The number of ether oxygens (including phenoxy) is 1. The smallest absolute Gasteiger partial charge is 0.416 e. The van der Waals surface area contributed by atoms with Gasteiger partial charge in [-0.25, -0.2) is 13.6 Å². The van der Waals surface area contributed by atoms with E-state index in [1.54, 1.807) is 18.2 Å². The highest BCUT2D eigenvalue weighted by molar-refractivity contribution is 7.89. The second kappa shape index (κ2) is 9.19. The van der Waals surface area contributed by atoms with Gasteiger partial charge in [0, 0.05) is 10.7 Å². The van der Waals surface area contributed by atoms with Gasteiger partial charge in [0.1, 0.15) is 16.4 Å². The summed E-state index contributed by atoms with van der Waals surface area (Å²) in [6.45, 7) is 0. The molecule has 0 unspecified atom stereocenters. The molecule has 0 aliphatic carbocycles. The molecule has 0 atom stereocenters. The van der Waals surface area contributed by atoms with Crippen LogP contribution in [0.25, 0.3) is 0 Å². The highest BCUT2D eigenvalue weighted by atomic mass is 35.5. The normalized spacial score (nSPS) is 11.8. The van der Waals surface area contributed by atoms with Crippen LogP contribution in [0.5, 0.6) is 11.5 Å². The van der Waals surface area contributed by atoms with Gasteiger partial charge in [-0.2, -0.15) is 13.2 Å². The standard InChI is InChI=1S/C21H16ClF3N2O4S/c22-15-2-1-3-17(11-15)31-18-9-8-16(12-19(18)32(26,29)30)27-20(28)10-13-4-6-14(7-5-13)21(23,24)25/h1-9,11-12H,10H2,(H,27,28)(H2,26,29,30). The van der Waals surface area contributed by atoms with Crippen LogP contribution >= 0.6 is 11.6 Å². The molecule has 168 valence electrons. The van der Waals surface area contributed by atoms with E-state index in [1.807, 2.05) is 0 Å². The molecule has 1 amide bonds. The Balaban J connectivity index is 1.77. The lowest BCUT2D eigenvalue weighted by Crippen LogP contribution is -2.17. The Morgan fingerprint density at radius 3 is 2.31 bits per heavy atom. The number of halogens is 4. The van der Waals surface area contributed by atoms with Crippen LogP contribution in [0.15, 0.2) is 71.6 Å². The number of nitrogens with one attached hydrogen (secondary N) is 1. The van der Waals surface area contributed by atoms with Crippen LogP contribution in [0.1, 0.15) is 11.1 Å². The van der Waals surface area contributed by atoms with E-state index >= 15 is 0 Å². The van der Waals surface area contributed by atoms with Gasteiger partial charge in [-0.1, -0.05) is 29.8 Å². The largest absolute Gasteiger partial charge is 0.456 e. The summed E-state index contributed by atoms with van der Waals surface area (Å²) in [5.41, 5.74) is -0.359. The number of sulfonamides is 1. The van der Waals surface area contributed by atoms with E-state index < -0.39 is 27.7 Å². The maximum absolute atomic E-state index is 12.6. The summed E-state index contributed by atoms with van der Waals surface area (Å²) in [5.74, 6) is -0.356. The van der Waals surface area contributed by atoms with Gasteiger partial charge in [0.05, 0.1) is 12.0 Å². The van der Waals surface area contributed by atoms with Crippen LogP contribution in [-0.2, 0) is 27.4 Å². The zero-order valence-corrected chi connectivity index (χ0v) is 17.8. The fraction of sp³-hybridized carbons (Fsp3) is 0.0952. The molecule has 0 aliphatic heterocycles. The molecule has 3 rings (SSSR count). The summed E-state index contributed by atoms with van der Waals surface area (Å²) in [5, 5.41) is 8.15. The van der Waals surface area contributed by atoms with Crippen molar-refractivity contribution in [3.63, 3.8) is 0 Å². The SMILES string of the molecule is NS(=O)(=O)c1cc(NC(=O)Cc2ccc(C(F)(F)F)cc2)ccc1Oc1cccc(Cl)c1. The minimum atomic E-state index is -4.47. The third-order valence-electron chi connectivity index (χ3n) is 4.20. The average molecular weight is 485 g/mol. The van der Waals surface area contributed by atoms with Crippen molar-refractivity contribution in [3.05, 3.63) is 82.9 Å². The van der Waals surface area contributed by atoms with E-state index in [4.69, 9.17) is 21.5 Å². The van der Waals surface area contributed by atoms with E-state index in [1.165, 1.54) is 30.3 Å². The molecule has 3 N–H and O–H groups in total. The van der Waals surface area contributed by atoms with E-state index in [-0.39, 0.29) is 28.5 Å². The summed E-state index contributed by atoms with van der Waals surface area (Å²) < 4.78 is 67.5.